The van der Waals surface area contributed by atoms with E-state index in [4.69, 9.17) is 14.8 Å². The molecule has 39 heavy (non-hydrogen) atoms. The van der Waals surface area contributed by atoms with Gasteiger partial charge in [-0.05, 0) is 49.1 Å². The summed E-state index contributed by atoms with van der Waals surface area (Å²) >= 11 is 0. The number of esters is 1. The summed E-state index contributed by atoms with van der Waals surface area (Å²) in [5.74, 6) is -1.68. The number of carbonyl (C=O) groups is 2. The molecule has 4 aromatic rings. The molecule has 1 aromatic carbocycles. The minimum atomic E-state index is -1.79. The van der Waals surface area contributed by atoms with Gasteiger partial charge in [-0.3, -0.25) is 4.79 Å². The lowest BCUT2D eigenvalue weighted by molar-refractivity contribution is -0.172. The Hall–Kier alpha value is -4.37. The molecule has 5 heterocycles. The third kappa shape index (κ3) is 4.70. The Labute approximate surface area is 224 Å². The zero-order valence-electron chi connectivity index (χ0n) is 21.8. The van der Waals surface area contributed by atoms with Gasteiger partial charge in [0.2, 0.25) is 0 Å². The first kappa shape index (κ1) is 26.2. The van der Waals surface area contributed by atoms with Gasteiger partial charge in [-0.2, -0.15) is 0 Å². The van der Waals surface area contributed by atoms with Crippen molar-refractivity contribution in [3.8, 4) is 11.4 Å². The number of aromatic carboxylic acids is 1. The normalized spacial score (nSPS) is 16.9. The highest BCUT2D eigenvalue weighted by atomic mass is 16.6. The van der Waals surface area contributed by atoms with E-state index in [0.29, 0.717) is 23.4 Å². The van der Waals surface area contributed by atoms with Gasteiger partial charge in [-0.25, -0.2) is 19.6 Å². The maximum absolute atomic E-state index is 13.0. The lowest BCUT2D eigenvalue weighted by atomic mass is 9.86. The number of ether oxygens (including phenoxy) is 1. The van der Waals surface area contributed by atoms with Crippen molar-refractivity contribution in [2.24, 2.45) is 0 Å². The van der Waals surface area contributed by atoms with E-state index in [1.165, 1.54) is 0 Å². The number of aromatic nitrogens is 3. The number of aryl methyl sites for hydroxylation is 1. The van der Waals surface area contributed by atoms with Crippen molar-refractivity contribution in [1.29, 1.82) is 0 Å². The van der Waals surface area contributed by atoms with Crippen molar-refractivity contribution >= 4 is 22.8 Å². The summed E-state index contributed by atoms with van der Waals surface area (Å²) in [6.45, 7) is 4.13. The van der Waals surface area contributed by atoms with Crippen LogP contribution in [0.2, 0.25) is 0 Å². The van der Waals surface area contributed by atoms with Crippen LogP contribution in [0.4, 0.5) is 0 Å². The fourth-order valence-corrected chi connectivity index (χ4v) is 5.00. The standard InChI is InChI=1S/C20H16N2O4.C10H13NO2/c1-2-20(25)14-8-16-17-12(7-11-5-3-4-6-15(11)21-17)9-22(16)18(23)13(14)10-26-19(20)24;1-2-3-4-8-5-6-9(10(12)13)11-7-8/h3-8,25H,2,9-10H2,1H3;5-7H,2-4H2,1H3,(H,12,13)/t20-;/m0./s1. The van der Waals surface area contributed by atoms with E-state index < -0.39 is 17.5 Å². The molecular weight excluding hydrogens is 498 g/mol. The molecule has 0 spiro atoms. The van der Waals surface area contributed by atoms with Crippen LogP contribution in [-0.4, -0.2) is 36.7 Å². The predicted molar refractivity (Wildman–Crippen MR) is 144 cm³/mol. The quantitative estimate of drug-likeness (QED) is 0.325. The number of benzene rings is 1. The maximum atomic E-state index is 13.0. The highest BCUT2D eigenvalue weighted by Gasteiger charge is 2.45. The van der Waals surface area contributed by atoms with Crippen molar-refractivity contribution in [3.63, 3.8) is 0 Å². The van der Waals surface area contributed by atoms with E-state index in [1.807, 2.05) is 36.4 Å². The van der Waals surface area contributed by atoms with Crippen LogP contribution < -0.4 is 5.56 Å². The topological polar surface area (TPSA) is 132 Å². The van der Waals surface area contributed by atoms with Crippen LogP contribution in [0.25, 0.3) is 22.3 Å². The van der Waals surface area contributed by atoms with E-state index in [2.05, 4.69) is 11.9 Å². The van der Waals surface area contributed by atoms with Crippen molar-refractivity contribution < 1.29 is 24.5 Å². The number of carboxylic acid groups (broad SMARTS) is 1. The van der Waals surface area contributed by atoms with Crippen LogP contribution in [-0.2, 0) is 34.7 Å². The van der Waals surface area contributed by atoms with Gasteiger partial charge in [0.15, 0.2) is 5.60 Å². The zero-order valence-corrected chi connectivity index (χ0v) is 21.8. The number of hydrogen-bond acceptors (Lipinski definition) is 7. The number of hydrogen-bond donors (Lipinski definition) is 2. The smallest absolute Gasteiger partial charge is 0.354 e. The lowest BCUT2D eigenvalue weighted by Crippen LogP contribution is -2.44. The van der Waals surface area contributed by atoms with Gasteiger partial charge < -0.3 is 19.5 Å². The average Bonchev–Trinajstić information content (AvgIpc) is 3.31. The molecule has 2 aliphatic rings. The summed E-state index contributed by atoms with van der Waals surface area (Å²) in [7, 11) is 0. The summed E-state index contributed by atoms with van der Waals surface area (Å²) < 4.78 is 6.72. The van der Waals surface area contributed by atoms with Crippen molar-refractivity contribution in [2.75, 3.05) is 0 Å². The first-order chi connectivity index (χ1) is 18.8. The number of nitrogens with zero attached hydrogens (tertiary/aromatic N) is 3. The monoisotopic (exact) mass is 527 g/mol. The molecule has 0 unspecified atom stereocenters. The number of cyclic esters (lactones) is 1. The Morgan fingerprint density at radius 3 is 2.62 bits per heavy atom. The van der Waals surface area contributed by atoms with Gasteiger partial charge in [-0.15, -0.1) is 0 Å². The summed E-state index contributed by atoms with van der Waals surface area (Å²) in [6, 6.07) is 14.9. The zero-order chi connectivity index (χ0) is 27.7. The van der Waals surface area contributed by atoms with Crippen molar-refractivity contribution in [2.45, 2.75) is 58.3 Å². The third-order valence-corrected chi connectivity index (χ3v) is 7.28. The third-order valence-electron chi connectivity index (χ3n) is 7.28. The number of carboxylic acids is 1. The Morgan fingerprint density at radius 2 is 1.92 bits per heavy atom. The second kappa shape index (κ2) is 10.4. The molecule has 0 saturated heterocycles. The molecule has 6 rings (SSSR count). The Morgan fingerprint density at radius 1 is 1.13 bits per heavy atom. The predicted octanol–water partition coefficient (Wildman–Crippen LogP) is 4.20. The lowest BCUT2D eigenvalue weighted by Gasteiger charge is -2.31. The Balaban J connectivity index is 0.000000201. The van der Waals surface area contributed by atoms with E-state index in [-0.39, 0.29) is 24.3 Å². The van der Waals surface area contributed by atoms with Crippen molar-refractivity contribution in [3.05, 3.63) is 93.0 Å². The van der Waals surface area contributed by atoms with Crippen LogP contribution in [0.3, 0.4) is 0 Å². The van der Waals surface area contributed by atoms with Crippen LogP contribution in [0.5, 0.6) is 0 Å². The molecule has 0 radical (unpaired) electrons. The number of aliphatic hydroxyl groups is 1. The van der Waals surface area contributed by atoms with Crippen molar-refractivity contribution in [1.82, 2.24) is 14.5 Å². The first-order valence-electron chi connectivity index (χ1n) is 13.0. The summed E-state index contributed by atoms with van der Waals surface area (Å²) in [5, 5.41) is 20.4. The fraction of sp³-hybridized carbons (Fsp3) is 0.300. The van der Waals surface area contributed by atoms with E-state index in [9.17, 15) is 19.5 Å². The second-order valence-electron chi connectivity index (χ2n) is 9.75. The molecule has 3 aromatic heterocycles. The molecule has 1 atom stereocenters. The summed E-state index contributed by atoms with van der Waals surface area (Å²) in [4.78, 5) is 44.2. The van der Waals surface area contributed by atoms with E-state index in [1.54, 1.807) is 29.8 Å². The van der Waals surface area contributed by atoms with Gasteiger partial charge >= 0.3 is 11.9 Å². The number of unbranched alkanes of at least 4 members (excludes halogenated alkanes) is 1. The minimum Gasteiger partial charge on any atom is -0.477 e. The highest BCUT2D eigenvalue weighted by molar-refractivity contribution is 5.86. The van der Waals surface area contributed by atoms with Crippen LogP contribution in [0.15, 0.2) is 59.5 Å². The largest absolute Gasteiger partial charge is 0.477 e. The van der Waals surface area contributed by atoms with Crippen LogP contribution in [0.1, 0.15) is 65.9 Å². The number of pyridine rings is 3. The van der Waals surface area contributed by atoms with Gasteiger partial charge in [0.1, 0.15) is 12.3 Å². The molecule has 0 aliphatic carbocycles. The van der Waals surface area contributed by atoms with Gasteiger partial charge in [0.05, 0.1) is 29.0 Å². The first-order valence-corrected chi connectivity index (χ1v) is 13.0. The Kier molecular flexibility index (Phi) is 7.01. The van der Waals surface area contributed by atoms with E-state index >= 15 is 0 Å². The number of para-hydroxylation sites is 1. The van der Waals surface area contributed by atoms with Gasteiger partial charge in [0.25, 0.3) is 5.56 Å². The molecule has 0 bridgehead atoms. The van der Waals surface area contributed by atoms with E-state index in [0.717, 1.165) is 47.0 Å². The molecular formula is C30H29N3O6. The SMILES string of the molecule is CCCCc1ccc(C(=O)O)nc1.CC[C@@]1(O)C(=O)OCc2c1cc1n(c2=O)Cc2cc3ccccc3nc2-1. The molecule has 200 valence electrons. The molecule has 9 nitrogen and oxygen atoms in total. The van der Waals surface area contributed by atoms with Gasteiger partial charge in [0, 0.05) is 22.7 Å². The summed E-state index contributed by atoms with van der Waals surface area (Å²) in [5.41, 5.74) is 3.03. The number of carbonyl (C=O) groups excluding carboxylic acids is 1. The van der Waals surface area contributed by atoms with Crippen LogP contribution >= 0.6 is 0 Å². The fourth-order valence-electron chi connectivity index (χ4n) is 5.00. The number of fused-ring (bicyclic) bond motifs is 5. The second-order valence-corrected chi connectivity index (χ2v) is 9.75. The highest BCUT2D eigenvalue weighted by Crippen LogP contribution is 2.38. The average molecular weight is 528 g/mol. The molecule has 0 saturated carbocycles. The molecule has 0 amide bonds. The summed E-state index contributed by atoms with van der Waals surface area (Å²) in [6.07, 6.45) is 5.01. The van der Waals surface area contributed by atoms with Gasteiger partial charge in [-0.1, -0.05) is 44.5 Å². The number of rotatable bonds is 5. The molecule has 9 heteroatoms. The Bertz CT molecular complexity index is 1640. The molecule has 2 aliphatic heterocycles. The molecule has 0 fully saturated rings. The maximum Gasteiger partial charge on any atom is 0.354 e. The van der Waals surface area contributed by atoms with Crippen LogP contribution in [0, 0.1) is 0 Å². The minimum absolute atomic E-state index is 0.110. The molecule has 2 N–H and O–H groups in total.